The van der Waals surface area contributed by atoms with Crippen LogP contribution < -0.4 is 0 Å². The van der Waals surface area contributed by atoms with Gasteiger partial charge < -0.3 is 28.9 Å². The van der Waals surface area contributed by atoms with Crippen LogP contribution in [0.25, 0.3) is 0 Å². The molecule has 226 valence electrons. The first-order valence-electron chi connectivity index (χ1n) is 14.9. The number of ether oxygens (including phenoxy) is 2. The topological polar surface area (TPSA) is 105 Å². The summed E-state index contributed by atoms with van der Waals surface area (Å²) in [5.74, 6) is 0. The fourth-order valence-corrected chi connectivity index (χ4v) is 4.02. The van der Waals surface area contributed by atoms with Crippen LogP contribution in [-0.2, 0) is 18.6 Å². The smallest absolute Gasteiger partial charge is 0.391 e. The van der Waals surface area contributed by atoms with Crippen molar-refractivity contribution in [3.8, 4) is 0 Å². The van der Waals surface area contributed by atoms with E-state index in [0.29, 0.717) is 19.8 Å². The number of phosphoric ester groups is 1. The number of aliphatic hydroxyl groups is 1. The highest BCUT2D eigenvalue weighted by Gasteiger charge is 2.19. The van der Waals surface area contributed by atoms with E-state index in [9.17, 15) is 4.57 Å². The minimum atomic E-state index is -4.48. The van der Waals surface area contributed by atoms with Crippen molar-refractivity contribution in [3.63, 3.8) is 0 Å². The molecule has 0 heterocycles. The molecule has 0 amide bonds. The van der Waals surface area contributed by atoms with Gasteiger partial charge in [0.15, 0.2) is 0 Å². The fraction of sp³-hybridized carbons (Fsp3) is 1.00. The van der Waals surface area contributed by atoms with Crippen molar-refractivity contribution in [2.24, 2.45) is 0 Å². The molecule has 3 N–H and O–H groups in total. The second kappa shape index (κ2) is 27.5. The summed E-state index contributed by atoms with van der Waals surface area (Å²) in [7, 11) is 1.67. The van der Waals surface area contributed by atoms with Crippen molar-refractivity contribution < 1.29 is 37.9 Å². The summed E-state index contributed by atoms with van der Waals surface area (Å²) in [6.07, 6.45) is 19.3. The first kappa shape index (κ1) is 39.1. The van der Waals surface area contributed by atoms with Gasteiger partial charge in [-0.15, -0.1) is 0 Å². The molecule has 37 heavy (non-hydrogen) atoms. The highest BCUT2D eigenvalue weighted by atomic mass is 31.2. The van der Waals surface area contributed by atoms with Crippen LogP contribution in [-0.4, -0.2) is 86.2 Å². The maximum absolute atomic E-state index is 11.0. The Morgan fingerprint density at radius 3 is 1.49 bits per heavy atom. The van der Waals surface area contributed by atoms with Gasteiger partial charge >= 0.3 is 7.82 Å². The zero-order valence-corrected chi connectivity index (χ0v) is 25.9. The van der Waals surface area contributed by atoms with Crippen LogP contribution in [0.4, 0.5) is 0 Å². The third-order valence-electron chi connectivity index (χ3n) is 6.00. The van der Waals surface area contributed by atoms with Gasteiger partial charge in [-0.3, -0.25) is 4.52 Å². The lowest BCUT2D eigenvalue weighted by Crippen LogP contribution is -2.36. The number of phosphoric acid groups is 1. The van der Waals surface area contributed by atoms with E-state index in [2.05, 4.69) is 39.5 Å². The number of unbranched alkanes of at least 4 members (excludes halogenated alkanes) is 14. The molecule has 0 aromatic rings. The minimum Gasteiger partial charge on any atom is -0.391 e. The quantitative estimate of drug-likeness (QED) is 0.0637. The molecular formula is C28H63NO7P+. The van der Waals surface area contributed by atoms with Crippen molar-refractivity contribution in [2.45, 2.75) is 123 Å². The average Bonchev–Trinajstić information content (AvgIpc) is 2.81. The van der Waals surface area contributed by atoms with E-state index in [0.717, 1.165) is 36.7 Å². The highest BCUT2D eigenvalue weighted by Crippen LogP contribution is 2.35. The lowest BCUT2D eigenvalue weighted by molar-refractivity contribution is -0.870. The molecule has 0 aliphatic rings. The lowest BCUT2D eigenvalue weighted by atomic mass is 10.1. The van der Waals surface area contributed by atoms with Gasteiger partial charge in [0.25, 0.3) is 0 Å². The maximum atomic E-state index is 11.0. The van der Waals surface area contributed by atoms with Gasteiger partial charge in [0.05, 0.1) is 41.0 Å². The number of hydrogen-bond acceptors (Lipinski definition) is 5. The standard InChI is InChI=1S/C23H49O6P.C5H14NO/c1-3-5-7-9-11-13-15-17-19-27-21-23(22-29-30(24,25)26)28-20-18-16-14-12-10-8-6-4-2;1-6(2,3)4-5-7/h23H,3-22H2,1-2H3,(H2,24,25,26);7H,4-5H2,1-3H3/q;+1/t23-;/m1./s1. The van der Waals surface area contributed by atoms with Gasteiger partial charge in [-0.05, 0) is 12.8 Å². The van der Waals surface area contributed by atoms with Crippen molar-refractivity contribution in [1.82, 2.24) is 0 Å². The lowest BCUT2D eigenvalue weighted by Gasteiger charge is -2.21. The first-order valence-corrected chi connectivity index (χ1v) is 16.4. The zero-order valence-electron chi connectivity index (χ0n) is 25.0. The van der Waals surface area contributed by atoms with E-state index in [1.807, 2.05) is 0 Å². The molecule has 0 saturated heterocycles. The maximum Gasteiger partial charge on any atom is 0.469 e. The second-order valence-electron chi connectivity index (χ2n) is 11.0. The molecule has 0 spiro atoms. The molecule has 0 aromatic heterocycles. The largest absolute Gasteiger partial charge is 0.469 e. The molecular weight excluding hydrogens is 493 g/mol. The van der Waals surface area contributed by atoms with Crippen molar-refractivity contribution >= 4 is 7.82 Å². The summed E-state index contributed by atoms with van der Waals surface area (Å²) in [6, 6.07) is 0. The molecule has 8 nitrogen and oxygen atoms in total. The molecule has 0 aliphatic heterocycles. The predicted octanol–water partition coefficient (Wildman–Crippen LogP) is 6.46. The third kappa shape index (κ3) is 38.2. The Kier molecular flexibility index (Phi) is 29.1. The van der Waals surface area contributed by atoms with Crippen LogP contribution in [0.3, 0.4) is 0 Å². The van der Waals surface area contributed by atoms with Crippen LogP contribution in [0.15, 0.2) is 0 Å². The molecule has 1 atom stereocenters. The Labute approximate surface area is 229 Å². The zero-order chi connectivity index (χ0) is 28.3. The molecule has 0 saturated carbocycles. The third-order valence-corrected chi connectivity index (χ3v) is 6.48. The summed E-state index contributed by atoms with van der Waals surface area (Å²) in [5.41, 5.74) is 0. The van der Waals surface area contributed by atoms with Gasteiger partial charge in [-0.1, -0.05) is 104 Å². The summed E-state index contributed by atoms with van der Waals surface area (Å²) in [4.78, 5) is 17.9. The van der Waals surface area contributed by atoms with Crippen LogP contribution in [0, 0.1) is 0 Å². The molecule has 0 radical (unpaired) electrons. The number of likely N-dealkylation sites (N-methyl/N-ethyl adjacent to an activating group) is 1. The van der Waals surface area contributed by atoms with E-state index in [-0.39, 0.29) is 13.2 Å². The molecule has 0 aliphatic carbocycles. The molecule has 0 unspecified atom stereocenters. The highest BCUT2D eigenvalue weighted by molar-refractivity contribution is 7.46. The van der Waals surface area contributed by atoms with Crippen molar-refractivity contribution in [3.05, 3.63) is 0 Å². The van der Waals surface area contributed by atoms with E-state index in [4.69, 9.17) is 24.4 Å². The van der Waals surface area contributed by atoms with Crippen molar-refractivity contribution in [2.75, 3.05) is 60.7 Å². The van der Waals surface area contributed by atoms with E-state index in [1.54, 1.807) is 0 Å². The summed E-state index contributed by atoms with van der Waals surface area (Å²) >= 11 is 0. The normalized spacial score (nSPS) is 12.9. The predicted molar refractivity (Wildman–Crippen MR) is 154 cm³/mol. The Bertz CT molecular complexity index is 497. The minimum absolute atomic E-state index is 0.140. The van der Waals surface area contributed by atoms with Gasteiger partial charge in [-0.2, -0.15) is 0 Å². The van der Waals surface area contributed by atoms with Crippen LogP contribution in [0.2, 0.25) is 0 Å². The van der Waals surface area contributed by atoms with Crippen LogP contribution in [0.1, 0.15) is 117 Å². The monoisotopic (exact) mass is 556 g/mol. The van der Waals surface area contributed by atoms with Gasteiger partial charge in [-0.25, -0.2) is 4.57 Å². The SMILES string of the molecule is CCCCCCCCCCOC[C@H](COP(=O)(O)O)OCCCCCCCCCC.C[N+](C)(C)CCO. The molecule has 0 fully saturated rings. The number of nitrogens with zero attached hydrogens (tertiary/aromatic N) is 1. The van der Waals surface area contributed by atoms with Crippen LogP contribution in [0.5, 0.6) is 0 Å². The number of rotatable bonds is 26. The Morgan fingerprint density at radius 2 is 1.11 bits per heavy atom. The first-order chi connectivity index (χ1) is 17.6. The molecule has 0 rings (SSSR count). The van der Waals surface area contributed by atoms with Crippen molar-refractivity contribution in [1.29, 1.82) is 0 Å². The Hall–Kier alpha value is -0.0500. The summed E-state index contributed by atoms with van der Waals surface area (Å²) in [6.45, 7) is 6.97. The van der Waals surface area contributed by atoms with Crippen LogP contribution >= 0.6 is 7.82 Å². The summed E-state index contributed by atoms with van der Waals surface area (Å²) < 4.78 is 27.9. The van der Waals surface area contributed by atoms with Gasteiger partial charge in [0, 0.05) is 13.2 Å². The average molecular weight is 557 g/mol. The number of hydrogen-bond donors (Lipinski definition) is 3. The van der Waals surface area contributed by atoms with E-state index >= 15 is 0 Å². The van der Waals surface area contributed by atoms with E-state index in [1.165, 1.54) is 77.0 Å². The van der Waals surface area contributed by atoms with Gasteiger partial charge in [0.1, 0.15) is 12.6 Å². The second-order valence-corrected chi connectivity index (χ2v) is 12.3. The van der Waals surface area contributed by atoms with Gasteiger partial charge in [0.2, 0.25) is 0 Å². The molecule has 0 aromatic carbocycles. The number of quaternary nitrogens is 1. The molecule has 9 heteroatoms. The summed E-state index contributed by atoms with van der Waals surface area (Å²) in [5, 5.41) is 8.39. The number of aliphatic hydroxyl groups excluding tert-OH is 1. The Balaban J connectivity index is 0. The Morgan fingerprint density at radius 1 is 0.676 bits per heavy atom. The van der Waals surface area contributed by atoms with E-state index < -0.39 is 13.9 Å². The fourth-order valence-electron chi connectivity index (χ4n) is 3.66. The molecule has 0 bridgehead atoms.